The van der Waals surface area contributed by atoms with E-state index in [2.05, 4.69) is 20.1 Å². The zero-order chi connectivity index (χ0) is 15.4. The summed E-state index contributed by atoms with van der Waals surface area (Å²) in [6, 6.07) is 0. The molecule has 1 nitrogen and oxygen atoms in total. The number of hydrogen-bond donors (Lipinski definition) is 0. The van der Waals surface area contributed by atoms with E-state index in [0.29, 0.717) is 10.8 Å². The number of rotatable bonds is 1. The Kier molecular flexibility index (Phi) is 3.62. The number of allylic oxidation sites excluding steroid dienone is 1. The lowest BCUT2D eigenvalue weighted by molar-refractivity contribution is -0.0960. The first-order valence-electron chi connectivity index (χ1n) is 9.80. The summed E-state index contributed by atoms with van der Waals surface area (Å²) in [6.45, 7) is 5.25. The molecule has 4 rings (SSSR count). The summed E-state index contributed by atoms with van der Waals surface area (Å²) in [4.78, 5) is 0. The first-order valence-corrected chi connectivity index (χ1v) is 9.80. The maximum Gasteiger partial charge on any atom is 0.0819 e. The zero-order valence-electron chi connectivity index (χ0n) is 14.9. The number of methoxy groups -OCH3 is 1. The van der Waals surface area contributed by atoms with Crippen LogP contribution in [-0.2, 0) is 4.74 Å². The van der Waals surface area contributed by atoms with Gasteiger partial charge in [0.15, 0.2) is 0 Å². The molecule has 0 heterocycles. The number of hydrogen-bond acceptors (Lipinski definition) is 1. The second kappa shape index (κ2) is 5.28. The van der Waals surface area contributed by atoms with Gasteiger partial charge in [-0.05, 0) is 91.4 Å². The van der Waals surface area contributed by atoms with Crippen LogP contribution >= 0.6 is 0 Å². The van der Waals surface area contributed by atoms with Crippen LogP contribution in [0.1, 0.15) is 78.1 Å². The predicted molar refractivity (Wildman–Crippen MR) is 91.4 cm³/mol. The third-order valence-corrected chi connectivity index (χ3v) is 8.52. The average molecular weight is 303 g/mol. The van der Waals surface area contributed by atoms with Crippen LogP contribution in [0, 0.1) is 34.5 Å². The molecule has 0 N–H and O–H groups in total. The quantitative estimate of drug-likeness (QED) is 0.544. The van der Waals surface area contributed by atoms with Crippen molar-refractivity contribution >= 4 is 0 Å². The Balaban J connectivity index is 1.68. The molecule has 1 heteroatoms. The summed E-state index contributed by atoms with van der Waals surface area (Å²) in [7, 11) is 1.84. The van der Waals surface area contributed by atoms with Crippen LogP contribution < -0.4 is 0 Å². The van der Waals surface area contributed by atoms with Crippen LogP contribution in [0.2, 0.25) is 0 Å². The highest BCUT2D eigenvalue weighted by atomic mass is 16.5. The third kappa shape index (κ3) is 2.03. The number of fused-ring (bicyclic) bond motifs is 5. The molecule has 4 aliphatic carbocycles. The minimum Gasteiger partial charge on any atom is -0.504 e. The molecule has 0 aromatic heterocycles. The largest absolute Gasteiger partial charge is 0.504 e. The minimum atomic E-state index is 0.573. The van der Waals surface area contributed by atoms with Gasteiger partial charge in [-0.1, -0.05) is 26.7 Å². The molecule has 0 aliphatic heterocycles. The van der Waals surface area contributed by atoms with Gasteiger partial charge in [0.05, 0.1) is 13.4 Å². The second-order valence-electron chi connectivity index (χ2n) is 9.40. The predicted octanol–water partition coefficient (Wildman–Crippen LogP) is 5.95. The van der Waals surface area contributed by atoms with Gasteiger partial charge in [0.1, 0.15) is 0 Å². The maximum atomic E-state index is 5.47. The smallest absolute Gasteiger partial charge is 0.0819 e. The van der Waals surface area contributed by atoms with E-state index in [1.807, 2.05) is 7.11 Å². The zero-order valence-corrected chi connectivity index (χ0v) is 14.9. The minimum absolute atomic E-state index is 0.573. The molecule has 6 atom stereocenters. The van der Waals surface area contributed by atoms with Gasteiger partial charge >= 0.3 is 0 Å². The first kappa shape index (κ1) is 15.1. The Morgan fingerprint density at radius 1 is 1.00 bits per heavy atom. The van der Waals surface area contributed by atoms with Crippen molar-refractivity contribution in [2.45, 2.75) is 78.1 Å². The van der Waals surface area contributed by atoms with Crippen molar-refractivity contribution in [2.75, 3.05) is 7.11 Å². The average Bonchev–Trinajstić information content (AvgIpc) is 2.84. The Hall–Kier alpha value is -0.460. The molecular formula is C21H34O. The molecule has 0 amide bonds. The lowest BCUT2D eigenvalue weighted by atomic mass is 9.45. The molecule has 4 saturated carbocycles. The molecule has 0 spiro atoms. The van der Waals surface area contributed by atoms with Crippen molar-refractivity contribution in [1.29, 1.82) is 0 Å². The van der Waals surface area contributed by atoms with E-state index in [1.54, 1.807) is 5.57 Å². The van der Waals surface area contributed by atoms with Gasteiger partial charge in [-0.2, -0.15) is 0 Å². The fourth-order valence-corrected chi connectivity index (χ4v) is 7.45. The Morgan fingerprint density at radius 2 is 1.86 bits per heavy atom. The van der Waals surface area contributed by atoms with Gasteiger partial charge in [0, 0.05) is 0 Å². The molecule has 0 aromatic carbocycles. The molecule has 22 heavy (non-hydrogen) atoms. The van der Waals surface area contributed by atoms with Crippen molar-refractivity contribution in [3.63, 3.8) is 0 Å². The monoisotopic (exact) mass is 302 g/mol. The van der Waals surface area contributed by atoms with Crippen molar-refractivity contribution in [3.05, 3.63) is 11.8 Å². The van der Waals surface area contributed by atoms with E-state index in [1.165, 1.54) is 64.2 Å². The van der Waals surface area contributed by atoms with Gasteiger partial charge in [0.25, 0.3) is 0 Å². The van der Waals surface area contributed by atoms with E-state index in [4.69, 9.17) is 4.74 Å². The molecular weight excluding hydrogens is 268 g/mol. The Labute approximate surface area is 136 Å². The van der Waals surface area contributed by atoms with E-state index in [0.717, 1.165) is 23.7 Å². The fraction of sp³-hybridized carbons (Fsp3) is 0.905. The van der Waals surface area contributed by atoms with Crippen molar-refractivity contribution < 1.29 is 4.74 Å². The highest BCUT2D eigenvalue weighted by Gasteiger charge is 2.58. The lowest BCUT2D eigenvalue weighted by Gasteiger charge is -2.60. The summed E-state index contributed by atoms with van der Waals surface area (Å²) >= 11 is 0. The normalized spacial score (nSPS) is 52.8. The van der Waals surface area contributed by atoms with Crippen molar-refractivity contribution in [2.24, 2.45) is 34.5 Å². The molecule has 124 valence electrons. The lowest BCUT2D eigenvalue weighted by Crippen LogP contribution is -2.52. The topological polar surface area (TPSA) is 9.23 Å². The maximum absolute atomic E-state index is 5.47. The molecule has 4 aliphatic rings. The van der Waals surface area contributed by atoms with E-state index in [-0.39, 0.29) is 0 Å². The molecule has 0 bridgehead atoms. The standard InChI is InChI=1S/C21H34O/c1-20-12-9-15(14-22-3)19(20)17-8-7-16-6-4-5-11-21(16,2)18(17)10-13-20/h14,16-19H,4-13H2,1-3H3/b15-14-/t16-,17-,18+,19+,20+,21+/m1/s1. The third-order valence-electron chi connectivity index (χ3n) is 8.52. The second-order valence-corrected chi connectivity index (χ2v) is 9.40. The summed E-state index contributed by atoms with van der Waals surface area (Å²) in [5.41, 5.74) is 2.88. The van der Waals surface area contributed by atoms with Crippen molar-refractivity contribution in [1.82, 2.24) is 0 Å². The highest BCUT2D eigenvalue weighted by molar-refractivity contribution is 5.21. The molecule has 4 fully saturated rings. The summed E-state index contributed by atoms with van der Waals surface area (Å²) in [5, 5.41) is 0. The van der Waals surface area contributed by atoms with Crippen LogP contribution in [0.5, 0.6) is 0 Å². The molecule has 0 radical (unpaired) electrons. The Morgan fingerprint density at radius 3 is 2.68 bits per heavy atom. The van der Waals surface area contributed by atoms with E-state index < -0.39 is 0 Å². The summed E-state index contributed by atoms with van der Waals surface area (Å²) < 4.78 is 5.47. The fourth-order valence-electron chi connectivity index (χ4n) is 7.45. The van der Waals surface area contributed by atoms with Crippen LogP contribution in [0.4, 0.5) is 0 Å². The molecule has 0 saturated heterocycles. The number of ether oxygens (including phenoxy) is 1. The van der Waals surface area contributed by atoms with Crippen LogP contribution in [-0.4, -0.2) is 7.11 Å². The van der Waals surface area contributed by atoms with Gasteiger partial charge in [-0.15, -0.1) is 0 Å². The van der Waals surface area contributed by atoms with Crippen LogP contribution in [0.15, 0.2) is 11.8 Å². The van der Waals surface area contributed by atoms with Crippen LogP contribution in [0.3, 0.4) is 0 Å². The molecule has 0 unspecified atom stereocenters. The van der Waals surface area contributed by atoms with Crippen LogP contribution in [0.25, 0.3) is 0 Å². The SMILES string of the molecule is CO/C=C1/CC[C@@]2(C)CC[C@H]3[C@@H](CC[C@H]4CCCC[C@@]43C)[C@H]12. The van der Waals surface area contributed by atoms with Gasteiger partial charge in [-0.3, -0.25) is 0 Å². The van der Waals surface area contributed by atoms with Gasteiger partial charge in [0.2, 0.25) is 0 Å². The highest BCUT2D eigenvalue weighted by Crippen LogP contribution is 2.67. The van der Waals surface area contributed by atoms with Crippen molar-refractivity contribution in [3.8, 4) is 0 Å². The van der Waals surface area contributed by atoms with Gasteiger partial charge < -0.3 is 4.74 Å². The first-order chi connectivity index (χ1) is 10.6. The summed E-state index contributed by atoms with van der Waals surface area (Å²) in [6.07, 6.45) is 16.8. The van der Waals surface area contributed by atoms with E-state index >= 15 is 0 Å². The van der Waals surface area contributed by atoms with Gasteiger partial charge in [-0.25, -0.2) is 0 Å². The molecule has 0 aromatic rings. The van der Waals surface area contributed by atoms with E-state index in [9.17, 15) is 0 Å². The summed E-state index contributed by atoms with van der Waals surface area (Å²) in [5.74, 6) is 3.79. The Bertz CT molecular complexity index is 467.